The van der Waals surface area contributed by atoms with Gasteiger partial charge in [-0.05, 0) is 70.6 Å². The molecule has 4 N–H and O–H groups in total. The summed E-state index contributed by atoms with van der Waals surface area (Å²) in [6.07, 6.45) is 47.0. The Labute approximate surface area is 291 Å². The summed E-state index contributed by atoms with van der Waals surface area (Å²) in [7, 11) is 0. The summed E-state index contributed by atoms with van der Waals surface area (Å²) in [6, 6.07) is -0.823. The van der Waals surface area contributed by atoms with Gasteiger partial charge in [-0.3, -0.25) is 4.79 Å². The van der Waals surface area contributed by atoms with Gasteiger partial charge in [0.25, 0.3) is 0 Å². The van der Waals surface area contributed by atoms with E-state index in [0.717, 1.165) is 51.4 Å². The number of aliphatic hydroxyl groups excluding tert-OH is 3. The van der Waals surface area contributed by atoms with Gasteiger partial charge in [0.05, 0.1) is 18.8 Å². The SMILES string of the molecule is CCCCCCCC/C=C\CCCCCCCCC(O)C(=O)NC(CO)C(O)/C=C/CC/C=C/CC/C=C/CCCCCCCCC. The Morgan fingerprint density at radius 3 is 1.30 bits per heavy atom. The zero-order chi connectivity index (χ0) is 34.5. The van der Waals surface area contributed by atoms with Gasteiger partial charge < -0.3 is 20.6 Å². The molecule has 5 nitrogen and oxygen atoms in total. The first kappa shape index (κ1) is 45.3. The summed E-state index contributed by atoms with van der Waals surface area (Å²) < 4.78 is 0. The van der Waals surface area contributed by atoms with Crippen LogP contribution in [-0.2, 0) is 4.79 Å². The van der Waals surface area contributed by atoms with Gasteiger partial charge in [-0.2, -0.15) is 0 Å². The highest BCUT2D eigenvalue weighted by Gasteiger charge is 2.22. The molecule has 0 aliphatic heterocycles. The fourth-order valence-corrected chi connectivity index (χ4v) is 5.68. The summed E-state index contributed by atoms with van der Waals surface area (Å²) in [6.45, 7) is 4.14. The zero-order valence-corrected chi connectivity index (χ0v) is 30.9. The second kappa shape index (κ2) is 37.1. The van der Waals surface area contributed by atoms with Crippen LogP contribution in [0.2, 0.25) is 0 Å². The van der Waals surface area contributed by atoms with E-state index in [-0.39, 0.29) is 6.61 Å². The van der Waals surface area contributed by atoms with Gasteiger partial charge in [0, 0.05) is 0 Å². The standard InChI is InChI=1S/C42H77NO4/c1-3-5-7-9-11-13-15-17-19-21-23-24-26-28-30-32-34-36-40(45)39(38-44)43-42(47)41(46)37-35-33-31-29-27-25-22-20-18-16-14-12-10-8-6-4-2/h18-21,26,28,34,36,39-41,44-46H,3-17,22-25,27,29-33,35,37-38H2,1-2H3,(H,43,47)/b20-18-,21-19+,28-26+,36-34+. The lowest BCUT2D eigenvalue weighted by atomic mass is 10.0. The second-order valence-electron chi connectivity index (χ2n) is 13.5. The van der Waals surface area contributed by atoms with Crippen molar-refractivity contribution in [3.8, 4) is 0 Å². The first-order valence-electron chi connectivity index (χ1n) is 20.0. The first-order chi connectivity index (χ1) is 23.1. The van der Waals surface area contributed by atoms with E-state index in [0.29, 0.717) is 6.42 Å². The molecule has 0 saturated carbocycles. The van der Waals surface area contributed by atoms with E-state index in [1.54, 1.807) is 6.08 Å². The van der Waals surface area contributed by atoms with Crippen LogP contribution in [0, 0.1) is 0 Å². The number of allylic oxidation sites excluding steroid dienone is 7. The Balaban J connectivity index is 3.82. The lowest BCUT2D eigenvalue weighted by Gasteiger charge is -2.21. The molecule has 0 aliphatic carbocycles. The van der Waals surface area contributed by atoms with Crippen LogP contribution in [0.4, 0.5) is 0 Å². The van der Waals surface area contributed by atoms with Crippen molar-refractivity contribution in [3.63, 3.8) is 0 Å². The Hall–Kier alpha value is -1.69. The van der Waals surface area contributed by atoms with Crippen LogP contribution in [0.15, 0.2) is 48.6 Å². The molecule has 0 aliphatic rings. The molecule has 0 saturated heterocycles. The quantitative estimate of drug-likeness (QED) is 0.0402. The topological polar surface area (TPSA) is 89.8 Å². The van der Waals surface area contributed by atoms with Crippen LogP contribution in [0.5, 0.6) is 0 Å². The van der Waals surface area contributed by atoms with Crippen LogP contribution in [0.1, 0.15) is 187 Å². The first-order valence-corrected chi connectivity index (χ1v) is 20.0. The third kappa shape index (κ3) is 32.6. The summed E-state index contributed by atoms with van der Waals surface area (Å²) in [5, 5.41) is 33.0. The maximum Gasteiger partial charge on any atom is 0.249 e. The van der Waals surface area contributed by atoms with Crippen molar-refractivity contribution < 1.29 is 20.1 Å². The van der Waals surface area contributed by atoms with Gasteiger partial charge in [-0.1, -0.05) is 165 Å². The molecule has 0 rings (SSSR count). The summed E-state index contributed by atoms with van der Waals surface area (Å²) in [5.74, 6) is -0.524. The van der Waals surface area contributed by atoms with Crippen LogP contribution < -0.4 is 5.32 Å². The molecule has 0 aromatic heterocycles. The maximum absolute atomic E-state index is 12.4. The summed E-state index contributed by atoms with van der Waals surface area (Å²) in [4.78, 5) is 12.4. The molecule has 274 valence electrons. The van der Waals surface area contributed by atoms with Gasteiger partial charge >= 0.3 is 0 Å². The monoisotopic (exact) mass is 660 g/mol. The molecule has 0 aromatic rings. The summed E-state index contributed by atoms with van der Waals surface area (Å²) in [5.41, 5.74) is 0. The van der Waals surface area contributed by atoms with E-state index in [1.165, 1.54) is 116 Å². The average molecular weight is 660 g/mol. The Morgan fingerprint density at radius 2 is 0.872 bits per heavy atom. The number of aliphatic hydroxyl groups is 3. The Bertz CT molecular complexity index is 775. The molecule has 3 atom stereocenters. The van der Waals surface area contributed by atoms with Gasteiger partial charge in [0.2, 0.25) is 5.91 Å². The summed E-state index contributed by atoms with van der Waals surface area (Å²) >= 11 is 0. The van der Waals surface area contributed by atoms with Gasteiger partial charge in [0.15, 0.2) is 0 Å². The Morgan fingerprint density at radius 1 is 0.511 bits per heavy atom. The minimum Gasteiger partial charge on any atom is -0.394 e. The number of unbranched alkanes of at least 4 members (excludes halogenated alkanes) is 21. The predicted octanol–water partition coefficient (Wildman–Crippen LogP) is 11.0. The molecule has 0 heterocycles. The van der Waals surface area contributed by atoms with E-state index in [9.17, 15) is 20.1 Å². The van der Waals surface area contributed by atoms with Crippen molar-refractivity contribution in [1.29, 1.82) is 0 Å². The minimum atomic E-state index is -1.11. The highest BCUT2D eigenvalue weighted by molar-refractivity contribution is 5.80. The molecule has 0 spiro atoms. The van der Waals surface area contributed by atoms with E-state index < -0.39 is 24.2 Å². The molecular weight excluding hydrogens is 582 g/mol. The molecule has 3 unspecified atom stereocenters. The number of rotatable bonds is 35. The van der Waals surface area contributed by atoms with Crippen LogP contribution in [0.25, 0.3) is 0 Å². The number of carbonyl (C=O) groups excluding carboxylic acids is 1. The fraction of sp³-hybridized carbons (Fsp3) is 0.786. The fourth-order valence-electron chi connectivity index (χ4n) is 5.68. The van der Waals surface area contributed by atoms with E-state index in [2.05, 4.69) is 55.6 Å². The van der Waals surface area contributed by atoms with Crippen molar-refractivity contribution in [2.75, 3.05) is 6.61 Å². The van der Waals surface area contributed by atoms with Gasteiger partial charge in [-0.25, -0.2) is 0 Å². The maximum atomic E-state index is 12.4. The molecule has 0 bridgehead atoms. The normalized spacial score (nSPS) is 14.2. The number of hydrogen-bond donors (Lipinski definition) is 4. The van der Waals surface area contributed by atoms with Crippen molar-refractivity contribution in [3.05, 3.63) is 48.6 Å². The van der Waals surface area contributed by atoms with E-state index in [4.69, 9.17) is 0 Å². The van der Waals surface area contributed by atoms with E-state index >= 15 is 0 Å². The molecular formula is C42H77NO4. The smallest absolute Gasteiger partial charge is 0.249 e. The number of nitrogens with one attached hydrogen (secondary N) is 1. The lowest BCUT2D eigenvalue weighted by Crippen LogP contribution is -2.48. The molecule has 5 heteroatoms. The van der Waals surface area contributed by atoms with Crippen molar-refractivity contribution in [2.45, 2.75) is 205 Å². The van der Waals surface area contributed by atoms with Crippen LogP contribution in [0.3, 0.4) is 0 Å². The highest BCUT2D eigenvalue weighted by atomic mass is 16.3. The van der Waals surface area contributed by atoms with Gasteiger partial charge in [0.1, 0.15) is 6.10 Å². The van der Waals surface area contributed by atoms with Gasteiger partial charge in [-0.15, -0.1) is 0 Å². The van der Waals surface area contributed by atoms with Crippen molar-refractivity contribution in [1.82, 2.24) is 5.32 Å². The molecule has 47 heavy (non-hydrogen) atoms. The molecule has 0 radical (unpaired) electrons. The largest absolute Gasteiger partial charge is 0.394 e. The van der Waals surface area contributed by atoms with Crippen molar-refractivity contribution >= 4 is 5.91 Å². The Kier molecular flexibility index (Phi) is 35.8. The van der Waals surface area contributed by atoms with Crippen LogP contribution in [-0.4, -0.2) is 46.1 Å². The third-order valence-electron chi connectivity index (χ3n) is 8.87. The molecule has 0 aromatic carbocycles. The van der Waals surface area contributed by atoms with Crippen LogP contribution >= 0.6 is 0 Å². The number of hydrogen-bond acceptors (Lipinski definition) is 4. The lowest BCUT2D eigenvalue weighted by molar-refractivity contribution is -0.131. The number of carbonyl (C=O) groups is 1. The van der Waals surface area contributed by atoms with Crippen molar-refractivity contribution in [2.24, 2.45) is 0 Å². The second-order valence-corrected chi connectivity index (χ2v) is 13.5. The minimum absolute atomic E-state index is 0.384. The third-order valence-corrected chi connectivity index (χ3v) is 8.87. The average Bonchev–Trinajstić information content (AvgIpc) is 3.07. The zero-order valence-electron chi connectivity index (χ0n) is 30.9. The molecule has 0 fully saturated rings. The van der Waals surface area contributed by atoms with E-state index in [1.807, 2.05) is 6.08 Å². The molecule has 1 amide bonds. The highest BCUT2D eigenvalue weighted by Crippen LogP contribution is 2.12. The number of amides is 1. The predicted molar refractivity (Wildman–Crippen MR) is 204 cm³/mol.